The summed E-state index contributed by atoms with van der Waals surface area (Å²) in [5.41, 5.74) is 0. The standard InChI is InChI=1S/C9H16N2O/c1-2-3-4-7-10-9(12)11-8-5-6-8/h2-3,8H,4-7H2,1H3,(H2,10,11,12)/b3-2+. The van der Waals surface area contributed by atoms with Crippen LogP contribution in [0.4, 0.5) is 4.79 Å². The van der Waals surface area contributed by atoms with Crippen molar-refractivity contribution < 1.29 is 4.79 Å². The first-order valence-corrected chi connectivity index (χ1v) is 4.48. The minimum Gasteiger partial charge on any atom is -0.338 e. The average molecular weight is 168 g/mol. The molecule has 0 unspecified atom stereocenters. The lowest BCUT2D eigenvalue weighted by atomic mass is 10.4. The Hall–Kier alpha value is -0.990. The van der Waals surface area contributed by atoms with Crippen molar-refractivity contribution in [3.05, 3.63) is 12.2 Å². The largest absolute Gasteiger partial charge is 0.338 e. The molecule has 0 bridgehead atoms. The zero-order chi connectivity index (χ0) is 8.81. The number of nitrogens with one attached hydrogen (secondary N) is 2. The van der Waals surface area contributed by atoms with E-state index in [2.05, 4.69) is 10.6 Å². The van der Waals surface area contributed by atoms with E-state index in [-0.39, 0.29) is 6.03 Å². The van der Waals surface area contributed by atoms with Gasteiger partial charge < -0.3 is 10.6 Å². The van der Waals surface area contributed by atoms with Gasteiger partial charge in [-0.1, -0.05) is 12.2 Å². The van der Waals surface area contributed by atoms with Crippen LogP contribution in [-0.4, -0.2) is 18.6 Å². The predicted molar refractivity (Wildman–Crippen MR) is 49.0 cm³/mol. The van der Waals surface area contributed by atoms with Crippen LogP contribution in [0.5, 0.6) is 0 Å². The Morgan fingerprint density at radius 2 is 2.33 bits per heavy atom. The molecule has 1 saturated carbocycles. The van der Waals surface area contributed by atoms with E-state index >= 15 is 0 Å². The van der Waals surface area contributed by atoms with E-state index in [9.17, 15) is 4.79 Å². The van der Waals surface area contributed by atoms with Gasteiger partial charge in [-0.05, 0) is 26.2 Å². The first-order valence-electron chi connectivity index (χ1n) is 4.48. The van der Waals surface area contributed by atoms with Gasteiger partial charge in [0.15, 0.2) is 0 Å². The molecule has 1 rings (SSSR count). The first kappa shape index (κ1) is 9.10. The van der Waals surface area contributed by atoms with Crippen LogP contribution in [0.15, 0.2) is 12.2 Å². The molecular formula is C9H16N2O. The summed E-state index contributed by atoms with van der Waals surface area (Å²) in [4.78, 5) is 11.0. The molecule has 0 radical (unpaired) electrons. The van der Waals surface area contributed by atoms with E-state index in [0.29, 0.717) is 6.04 Å². The lowest BCUT2D eigenvalue weighted by molar-refractivity contribution is 0.240. The summed E-state index contributed by atoms with van der Waals surface area (Å²) in [5.74, 6) is 0. The normalized spacial score (nSPS) is 16.4. The number of amides is 2. The summed E-state index contributed by atoms with van der Waals surface area (Å²) >= 11 is 0. The molecule has 1 fully saturated rings. The number of rotatable bonds is 4. The van der Waals surface area contributed by atoms with Gasteiger partial charge in [0.25, 0.3) is 0 Å². The molecule has 0 aromatic rings. The number of hydrogen-bond acceptors (Lipinski definition) is 1. The smallest absolute Gasteiger partial charge is 0.315 e. The molecule has 1 aliphatic rings. The van der Waals surface area contributed by atoms with Gasteiger partial charge in [0.1, 0.15) is 0 Å². The lowest BCUT2D eigenvalue weighted by Gasteiger charge is -2.03. The molecule has 0 heterocycles. The van der Waals surface area contributed by atoms with Crippen LogP contribution in [-0.2, 0) is 0 Å². The molecule has 12 heavy (non-hydrogen) atoms. The van der Waals surface area contributed by atoms with Crippen molar-refractivity contribution in [3.8, 4) is 0 Å². The fourth-order valence-electron chi connectivity index (χ4n) is 0.900. The summed E-state index contributed by atoms with van der Waals surface area (Å²) in [6.45, 7) is 2.70. The van der Waals surface area contributed by atoms with E-state index in [4.69, 9.17) is 0 Å². The molecule has 2 amide bonds. The Labute approximate surface area is 73.2 Å². The molecule has 3 heteroatoms. The quantitative estimate of drug-likeness (QED) is 0.483. The highest BCUT2D eigenvalue weighted by Crippen LogP contribution is 2.18. The van der Waals surface area contributed by atoms with Crippen molar-refractivity contribution in [2.24, 2.45) is 0 Å². The second-order valence-electron chi connectivity index (χ2n) is 3.03. The van der Waals surface area contributed by atoms with Gasteiger partial charge in [0.2, 0.25) is 0 Å². The van der Waals surface area contributed by atoms with Crippen molar-refractivity contribution in [2.45, 2.75) is 32.2 Å². The Morgan fingerprint density at radius 1 is 1.58 bits per heavy atom. The Kier molecular flexibility index (Phi) is 3.64. The maximum Gasteiger partial charge on any atom is 0.315 e. The highest BCUT2D eigenvalue weighted by molar-refractivity contribution is 5.74. The van der Waals surface area contributed by atoms with E-state index in [0.717, 1.165) is 25.8 Å². The summed E-state index contributed by atoms with van der Waals surface area (Å²) in [5, 5.41) is 5.64. The highest BCUT2D eigenvalue weighted by atomic mass is 16.2. The van der Waals surface area contributed by atoms with Crippen LogP contribution in [0.3, 0.4) is 0 Å². The highest BCUT2D eigenvalue weighted by Gasteiger charge is 2.22. The molecule has 2 N–H and O–H groups in total. The van der Waals surface area contributed by atoms with Crippen molar-refractivity contribution in [1.82, 2.24) is 10.6 Å². The predicted octanol–water partition coefficient (Wildman–Crippen LogP) is 1.41. The molecule has 0 aliphatic heterocycles. The monoisotopic (exact) mass is 168 g/mol. The lowest BCUT2D eigenvalue weighted by Crippen LogP contribution is -2.37. The third-order valence-corrected chi connectivity index (χ3v) is 1.74. The number of urea groups is 1. The van der Waals surface area contributed by atoms with Crippen LogP contribution in [0.2, 0.25) is 0 Å². The second kappa shape index (κ2) is 4.80. The molecular weight excluding hydrogens is 152 g/mol. The van der Waals surface area contributed by atoms with Crippen LogP contribution in [0, 0.1) is 0 Å². The molecule has 0 aromatic heterocycles. The third kappa shape index (κ3) is 4.01. The maximum absolute atomic E-state index is 11.0. The van der Waals surface area contributed by atoms with Gasteiger partial charge in [-0.15, -0.1) is 0 Å². The molecule has 0 spiro atoms. The zero-order valence-electron chi connectivity index (χ0n) is 7.47. The summed E-state index contributed by atoms with van der Waals surface area (Å²) in [7, 11) is 0. The van der Waals surface area contributed by atoms with Crippen LogP contribution >= 0.6 is 0 Å². The number of hydrogen-bond donors (Lipinski definition) is 2. The van der Waals surface area contributed by atoms with Crippen LogP contribution < -0.4 is 10.6 Å². The number of carbonyl (C=O) groups is 1. The molecule has 0 saturated heterocycles. The minimum atomic E-state index is -0.0259. The van der Waals surface area contributed by atoms with Crippen LogP contribution in [0.25, 0.3) is 0 Å². The fraction of sp³-hybridized carbons (Fsp3) is 0.667. The first-order chi connectivity index (χ1) is 5.83. The maximum atomic E-state index is 11.0. The summed E-state index contributed by atoms with van der Waals surface area (Å²) < 4.78 is 0. The average Bonchev–Trinajstić information content (AvgIpc) is 2.82. The Bertz CT molecular complexity index is 173. The molecule has 68 valence electrons. The van der Waals surface area contributed by atoms with E-state index in [1.54, 1.807) is 0 Å². The van der Waals surface area contributed by atoms with Crippen molar-refractivity contribution in [3.63, 3.8) is 0 Å². The molecule has 3 nitrogen and oxygen atoms in total. The minimum absolute atomic E-state index is 0.0259. The van der Waals surface area contributed by atoms with E-state index in [1.165, 1.54) is 0 Å². The van der Waals surface area contributed by atoms with Crippen molar-refractivity contribution in [1.29, 1.82) is 0 Å². The Balaban J connectivity index is 1.94. The van der Waals surface area contributed by atoms with Gasteiger partial charge in [0.05, 0.1) is 0 Å². The topological polar surface area (TPSA) is 41.1 Å². The molecule has 1 aliphatic carbocycles. The SMILES string of the molecule is C/C=C/CCNC(=O)NC1CC1. The van der Waals surface area contributed by atoms with Gasteiger partial charge >= 0.3 is 6.03 Å². The van der Waals surface area contributed by atoms with Gasteiger partial charge in [-0.3, -0.25) is 0 Å². The van der Waals surface area contributed by atoms with E-state index in [1.807, 2.05) is 19.1 Å². The van der Waals surface area contributed by atoms with Crippen molar-refractivity contribution in [2.75, 3.05) is 6.54 Å². The molecule has 0 atom stereocenters. The van der Waals surface area contributed by atoms with Gasteiger partial charge in [-0.2, -0.15) is 0 Å². The number of allylic oxidation sites excluding steroid dienone is 1. The Morgan fingerprint density at radius 3 is 2.92 bits per heavy atom. The summed E-state index contributed by atoms with van der Waals surface area (Å²) in [6.07, 6.45) is 7.22. The van der Waals surface area contributed by atoms with E-state index < -0.39 is 0 Å². The third-order valence-electron chi connectivity index (χ3n) is 1.74. The summed E-state index contributed by atoms with van der Waals surface area (Å²) in [6, 6.07) is 0.425. The van der Waals surface area contributed by atoms with Gasteiger partial charge in [-0.25, -0.2) is 4.79 Å². The number of carbonyl (C=O) groups excluding carboxylic acids is 1. The fourth-order valence-corrected chi connectivity index (χ4v) is 0.900. The van der Waals surface area contributed by atoms with Crippen molar-refractivity contribution >= 4 is 6.03 Å². The molecule has 0 aromatic carbocycles. The van der Waals surface area contributed by atoms with Gasteiger partial charge in [0, 0.05) is 12.6 Å². The van der Waals surface area contributed by atoms with Crippen LogP contribution in [0.1, 0.15) is 26.2 Å². The zero-order valence-corrected chi connectivity index (χ0v) is 7.47. The second-order valence-corrected chi connectivity index (χ2v) is 3.03.